The molecule has 57 heavy (non-hydrogen) atoms. The van der Waals surface area contributed by atoms with Crippen molar-refractivity contribution in [1.82, 2.24) is 14.1 Å². The monoisotopic (exact) mass is 743 g/mol. The van der Waals surface area contributed by atoms with E-state index in [9.17, 15) is 0 Å². The lowest BCUT2D eigenvalue weighted by atomic mass is 9.98. The van der Waals surface area contributed by atoms with Crippen LogP contribution in [0.5, 0.6) is 0 Å². The summed E-state index contributed by atoms with van der Waals surface area (Å²) in [6.07, 6.45) is 1.89. The Morgan fingerprint density at radius 1 is 0.316 bits per heavy atom. The molecule has 0 aliphatic rings. The summed E-state index contributed by atoms with van der Waals surface area (Å²) in [7, 11) is 0. The van der Waals surface area contributed by atoms with E-state index in [4.69, 9.17) is 4.98 Å². The quantitative estimate of drug-likeness (QED) is 0.172. The van der Waals surface area contributed by atoms with Gasteiger partial charge in [-0.3, -0.25) is 4.98 Å². The highest BCUT2D eigenvalue weighted by Gasteiger charge is 2.18. The van der Waals surface area contributed by atoms with Gasteiger partial charge in [-0.15, -0.1) is 11.3 Å². The second-order valence-corrected chi connectivity index (χ2v) is 15.9. The molecule has 0 fully saturated rings. The van der Waals surface area contributed by atoms with E-state index in [1.165, 1.54) is 91.8 Å². The van der Waals surface area contributed by atoms with Gasteiger partial charge in [-0.1, -0.05) is 109 Å². The molecular formula is C53H33N3S. The highest BCUT2D eigenvalue weighted by atomic mass is 32.1. The molecule has 0 unspecified atom stereocenters. The van der Waals surface area contributed by atoms with Crippen molar-refractivity contribution < 1.29 is 0 Å². The number of hydrogen-bond donors (Lipinski definition) is 0. The Labute approximate surface area is 333 Å². The topological polar surface area (TPSA) is 22.8 Å². The van der Waals surface area contributed by atoms with Gasteiger partial charge in [0, 0.05) is 49.2 Å². The average Bonchev–Trinajstić information content (AvgIpc) is 3.94. The van der Waals surface area contributed by atoms with Crippen molar-refractivity contribution in [2.24, 2.45) is 0 Å². The van der Waals surface area contributed by atoms with Crippen LogP contribution in [0, 0.1) is 0 Å². The average molecular weight is 744 g/mol. The van der Waals surface area contributed by atoms with Crippen molar-refractivity contribution in [2.45, 2.75) is 0 Å². The number of para-hydroxylation sites is 2. The van der Waals surface area contributed by atoms with Gasteiger partial charge in [0.1, 0.15) is 0 Å². The second kappa shape index (κ2) is 12.6. The van der Waals surface area contributed by atoms with E-state index in [1.54, 1.807) is 11.3 Å². The molecule has 8 aromatic carbocycles. The Morgan fingerprint density at radius 3 is 1.47 bits per heavy atom. The standard InChI is InChI=1S/C53H33N3S/c1-3-12-34(13-4-1)38-28-39(35-14-5-2-6-15-35)30-41(29-38)56-48-19-10-8-17-43(48)45-32-37(22-25-50(45)56)36-21-24-49-44(31-36)42-16-7-9-18-47(42)55(49)40-23-26-51-46(33-40)53-52(57-51)20-11-27-54-53/h1-33H. The smallest absolute Gasteiger partial charge is 0.0889 e. The largest absolute Gasteiger partial charge is 0.309 e. The zero-order chi connectivity index (χ0) is 37.5. The van der Waals surface area contributed by atoms with Gasteiger partial charge in [-0.2, -0.15) is 0 Å². The third kappa shape index (κ3) is 5.08. The van der Waals surface area contributed by atoms with E-state index >= 15 is 0 Å². The maximum absolute atomic E-state index is 4.75. The third-order valence-corrected chi connectivity index (χ3v) is 12.7. The molecular weight excluding hydrogens is 711 g/mol. The maximum atomic E-state index is 4.75. The van der Waals surface area contributed by atoms with Crippen LogP contribution in [-0.2, 0) is 0 Å². The first-order valence-corrected chi connectivity index (χ1v) is 20.2. The highest BCUT2D eigenvalue weighted by molar-refractivity contribution is 7.25. The molecule has 4 heterocycles. The zero-order valence-corrected chi connectivity index (χ0v) is 31.6. The lowest BCUT2D eigenvalue weighted by Gasteiger charge is -2.14. The number of nitrogens with zero attached hydrogens (tertiary/aromatic N) is 3. The molecule has 12 rings (SSSR count). The fourth-order valence-electron chi connectivity index (χ4n) is 8.92. The summed E-state index contributed by atoms with van der Waals surface area (Å²) in [6.45, 7) is 0. The maximum Gasteiger partial charge on any atom is 0.0889 e. The van der Waals surface area contributed by atoms with Gasteiger partial charge < -0.3 is 9.13 Å². The summed E-state index contributed by atoms with van der Waals surface area (Å²) in [5.41, 5.74) is 15.3. The Balaban J connectivity index is 1.03. The van der Waals surface area contributed by atoms with Crippen LogP contribution in [0.25, 0.3) is 109 Å². The summed E-state index contributed by atoms with van der Waals surface area (Å²) in [4.78, 5) is 4.75. The molecule has 266 valence electrons. The first-order chi connectivity index (χ1) is 28.2. The second-order valence-electron chi connectivity index (χ2n) is 14.8. The molecule has 0 N–H and O–H groups in total. The summed E-state index contributed by atoms with van der Waals surface area (Å²) in [5.74, 6) is 0. The van der Waals surface area contributed by atoms with Gasteiger partial charge in [0.2, 0.25) is 0 Å². The molecule has 0 atom stereocenters. The van der Waals surface area contributed by atoms with Crippen molar-refractivity contribution in [1.29, 1.82) is 0 Å². The number of thiophene rings is 1. The molecule has 4 aromatic heterocycles. The summed E-state index contributed by atoms with van der Waals surface area (Å²) in [5, 5.41) is 6.16. The van der Waals surface area contributed by atoms with E-state index in [-0.39, 0.29) is 0 Å². The number of rotatable bonds is 5. The van der Waals surface area contributed by atoms with Gasteiger partial charge in [0.15, 0.2) is 0 Å². The number of benzene rings is 8. The van der Waals surface area contributed by atoms with Crippen molar-refractivity contribution in [3.8, 4) is 44.8 Å². The Bertz CT molecular complexity index is 3460. The minimum absolute atomic E-state index is 1.07. The van der Waals surface area contributed by atoms with Gasteiger partial charge in [0.05, 0.1) is 32.3 Å². The molecule has 0 spiro atoms. The van der Waals surface area contributed by atoms with E-state index in [0.29, 0.717) is 0 Å². The molecule has 0 saturated heterocycles. The van der Waals surface area contributed by atoms with Crippen LogP contribution >= 0.6 is 11.3 Å². The third-order valence-electron chi connectivity index (χ3n) is 11.5. The normalized spacial score (nSPS) is 11.9. The lowest BCUT2D eigenvalue weighted by molar-refractivity contribution is 1.18. The van der Waals surface area contributed by atoms with Crippen LogP contribution < -0.4 is 0 Å². The lowest BCUT2D eigenvalue weighted by Crippen LogP contribution is -1.96. The Hall–Kier alpha value is -7.27. The van der Waals surface area contributed by atoms with Crippen LogP contribution in [0.15, 0.2) is 200 Å². The molecule has 3 nitrogen and oxygen atoms in total. The number of fused-ring (bicyclic) bond motifs is 9. The molecule has 0 aliphatic heterocycles. The van der Waals surface area contributed by atoms with Crippen LogP contribution in [0.3, 0.4) is 0 Å². The van der Waals surface area contributed by atoms with Gasteiger partial charge in [-0.05, 0) is 118 Å². The fraction of sp³-hybridized carbons (Fsp3) is 0. The predicted molar refractivity (Wildman–Crippen MR) is 242 cm³/mol. The molecule has 0 amide bonds. The minimum atomic E-state index is 1.07. The number of aromatic nitrogens is 3. The van der Waals surface area contributed by atoms with E-state index in [2.05, 4.69) is 197 Å². The number of hydrogen-bond acceptors (Lipinski definition) is 2. The van der Waals surface area contributed by atoms with Gasteiger partial charge in [-0.25, -0.2) is 0 Å². The fourth-order valence-corrected chi connectivity index (χ4v) is 9.97. The zero-order valence-electron chi connectivity index (χ0n) is 30.8. The van der Waals surface area contributed by atoms with Crippen molar-refractivity contribution in [3.05, 3.63) is 200 Å². The molecule has 0 saturated carbocycles. The summed E-state index contributed by atoms with van der Waals surface area (Å²) < 4.78 is 7.32. The van der Waals surface area contributed by atoms with Crippen LogP contribution in [0.2, 0.25) is 0 Å². The molecule has 0 bridgehead atoms. The summed E-state index contributed by atoms with van der Waals surface area (Å²) >= 11 is 1.80. The number of pyridine rings is 1. The Kier molecular flexibility index (Phi) is 7.10. The van der Waals surface area contributed by atoms with Crippen molar-refractivity contribution >= 4 is 75.3 Å². The highest BCUT2D eigenvalue weighted by Crippen LogP contribution is 2.41. The molecule has 12 aromatic rings. The van der Waals surface area contributed by atoms with E-state index in [1.807, 2.05) is 12.3 Å². The van der Waals surface area contributed by atoms with Gasteiger partial charge >= 0.3 is 0 Å². The SMILES string of the molecule is c1ccc(-c2cc(-c3ccccc3)cc(-n3c4ccccc4c4cc(-c5ccc6c(c5)c5ccccc5n6-c5ccc6sc7cccnc7c6c5)ccc43)c2)cc1. The van der Waals surface area contributed by atoms with Crippen LogP contribution in [0.1, 0.15) is 0 Å². The van der Waals surface area contributed by atoms with Crippen molar-refractivity contribution in [3.63, 3.8) is 0 Å². The van der Waals surface area contributed by atoms with Crippen LogP contribution in [0.4, 0.5) is 0 Å². The van der Waals surface area contributed by atoms with E-state index < -0.39 is 0 Å². The molecule has 4 heteroatoms. The Morgan fingerprint density at radius 2 is 0.860 bits per heavy atom. The van der Waals surface area contributed by atoms with Crippen molar-refractivity contribution in [2.75, 3.05) is 0 Å². The first kappa shape index (κ1) is 32.0. The minimum Gasteiger partial charge on any atom is -0.309 e. The van der Waals surface area contributed by atoms with E-state index in [0.717, 1.165) is 16.9 Å². The summed E-state index contributed by atoms with van der Waals surface area (Å²) in [6, 6.07) is 70.9. The molecule has 0 radical (unpaired) electrons. The predicted octanol–water partition coefficient (Wildman–Crippen LogP) is 14.6. The first-order valence-electron chi connectivity index (χ1n) is 19.4. The van der Waals surface area contributed by atoms with Gasteiger partial charge in [0.25, 0.3) is 0 Å². The van der Waals surface area contributed by atoms with Crippen LogP contribution in [-0.4, -0.2) is 14.1 Å². The molecule has 0 aliphatic carbocycles.